The Labute approximate surface area is 124 Å². The summed E-state index contributed by atoms with van der Waals surface area (Å²) in [7, 11) is 1.36. The van der Waals surface area contributed by atoms with Gasteiger partial charge in [0, 0.05) is 29.5 Å². The normalized spacial score (nSPS) is 18.9. The lowest BCUT2D eigenvalue weighted by Crippen LogP contribution is -2.35. The van der Waals surface area contributed by atoms with Gasteiger partial charge in [0.15, 0.2) is 5.78 Å². The summed E-state index contributed by atoms with van der Waals surface area (Å²) < 4.78 is 4.74. The maximum absolute atomic E-state index is 12.6. The number of ether oxygens (including phenoxy) is 1. The number of allylic oxidation sites excluding steroid dienone is 2. The fourth-order valence-electron chi connectivity index (χ4n) is 2.21. The molecular weight excluding hydrogens is 266 g/mol. The minimum Gasteiger partial charge on any atom is -0.467 e. The third kappa shape index (κ3) is 3.21. The van der Waals surface area contributed by atoms with Crippen molar-refractivity contribution in [1.82, 2.24) is 4.90 Å². The molecule has 0 aliphatic carbocycles. The first-order chi connectivity index (χ1) is 10.0. The first-order valence-corrected chi connectivity index (χ1v) is 6.89. The Morgan fingerprint density at radius 3 is 2.52 bits per heavy atom. The smallest absolute Gasteiger partial charge is 0.328 e. The Morgan fingerprint density at radius 1 is 1.24 bits per heavy atom. The van der Waals surface area contributed by atoms with Crippen molar-refractivity contribution in [3.05, 3.63) is 59.9 Å². The van der Waals surface area contributed by atoms with Crippen LogP contribution in [0, 0.1) is 5.92 Å². The van der Waals surface area contributed by atoms with Crippen LogP contribution in [0.1, 0.15) is 24.2 Å². The number of ketones is 1. The molecule has 1 aromatic rings. The van der Waals surface area contributed by atoms with Crippen LogP contribution in [0.2, 0.25) is 0 Å². The molecule has 110 valence electrons. The number of carbonyl (C=O) groups excluding carboxylic acids is 2. The number of hydrogen-bond donors (Lipinski definition) is 0. The molecule has 0 aromatic heterocycles. The molecule has 0 amide bonds. The Bertz CT molecular complexity index is 589. The maximum Gasteiger partial charge on any atom is 0.328 e. The third-order valence-corrected chi connectivity index (χ3v) is 3.61. The molecule has 1 heterocycles. The molecule has 1 aliphatic rings. The molecule has 0 radical (unpaired) electrons. The van der Waals surface area contributed by atoms with Gasteiger partial charge in [0.1, 0.15) is 6.04 Å². The van der Waals surface area contributed by atoms with Gasteiger partial charge in [-0.25, -0.2) is 4.79 Å². The van der Waals surface area contributed by atoms with Crippen molar-refractivity contribution in [2.24, 2.45) is 5.92 Å². The van der Waals surface area contributed by atoms with E-state index in [0.29, 0.717) is 11.1 Å². The van der Waals surface area contributed by atoms with Crippen molar-refractivity contribution in [2.75, 3.05) is 7.11 Å². The van der Waals surface area contributed by atoms with Gasteiger partial charge in [0.2, 0.25) is 0 Å². The Hall–Kier alpha value is -2.36. The van der Waals surface area contributed by atoms with Crippen LogP contribution in [0.4, 0.5) is 0 Å². The van der Waals surface area contributed by atoms with Crippen LogP contribution in [0.25, 0.3) is 0 Å². The van der Waals surface area contributed by atoms with Crippen molar-refractivity contribution >= 4 is 11.8 Å². The lowest BCUT2D eigenvalue weighted by molar-refractivity contribution is -0.144. The van der Waals surface area contributed by atoms with E-state index in [1.165, 1.54) is 7.11 Å². The molecule has 4 nitrogen and oxygen atoms in total. The number of nitrogens with zero attached hydrogens (tertiary/aromatic N) is 1. The average molecular weight is 285 g/mol. The fourth-order valence-corrected chi connectivity index (χ4v) is 2.21. The SMILES string of the molecule is COC(=O)C(C)N1C=CC(C)C(C(=O)c2ccccc2)=C1. The lowest BCUT2D eigenvalue weighted by atomic mass is 9.92. The van der Waals surface area contributed by atoms with Crippen molar-refractivity contribution in [3.63, 3.8) is 0 Å². The number of esters is 1. The second-order valence-electron chi connectivity index (χ2n) is 5.06. The molecule has 21 heavy (non-hydrogen) atoms. The molecule has 4 heteroatoms. The molecule has 2 rings (SSSR count). The molecule has 0 fully saturated rings. The number of benzene rings is 1. The van der Waals surface area contributed by atoms with Gasteiger partial charge in [-0.1, -0.05) is 43.3 Å². The average Bonchev–Trinajstić information content (AvgIpc) is 2.54. The molecule has 1 aromatic carbocycles. The molecule has 0 saturated carbocycles. The molecular formula is C17H19NO3. The van der Waals surface area contributed by atoms with Crippen LogP contribution in [0.15, 0.2) is 54.4 Å². The summed E-state index contributed by atoms with van der Waals surface area (Å²) in [5, 5.41) is 0. The van der Waals surface area contributed by atoms with Crippen molar-refractivity contribution in [1.29, 1.82) is 0 Å². The van der Waals surface area contributed by atoms with Gasteiger partial charge in [0.05, 0.1) is 7.11 Å². The van der Waals surface area contributed by atoms with E-state index in [4.69, 9.17) is 4.74 Å². The highest BCUT2D eigenvalue weighted by molar-refractivity contribution is 6.09. The number of rotatable bonds is 4. The second-order valence-corrected chi connectivity index (χ2v) is 5.06. The zero-order valence-electron chi connectivity index (χ0n) is 12.4. The number of carbonyl (C=O) groups is 2. The van der Waals surface area contributed by atoms with E-state index < -0.39 is 6.04 Å². The highest BCUT2D eigenvalue weighted by atomic mass is 16.5. The van der Waals surface area contributed by atoms with E-state index in [9.17, 15) is 9.59 Å². The van der Waals surface area contributed by atoms with Crippen LogP contribution in [-0.2, 0) is 9.53 Å². The fraction of sp³-hybridized carbons (Fsp3) is 0.294. The Kier molecular flexibility index (Phi) is 4.58. The van der Waals surface area contributed by atoms with Crippen molar-refractivity contribution < 1.29 is 14.3 Å². The van der Waals surface area contributed by atoms with Gasteiger partial charge in [-0.05, 0) is 6.92 Å². The summed E-state index contributed by atoms with van der Waals surface area (Å²) >= 11 is 0. The topological polar surface area (TPSA) is 46.6 Å². The van der Waals surface area contributed by atoms with Crippen LogP contribution in [0.3, 0.4) is 0 Å². The highest BCUT2D eigenvalue weighted by Gasteiger charge is 2.25. The van der Waals surface area contributed by atoms with E-state index in [0.717, 1.165) is 0 Å². The summed E-state index contributed by atoms with van der Waals surface area (Å²) in [5.74, 6) is -0.342. The standard InChI is InChI=1S/C17H19NO3/c1-12-9-10-18(13(2)17(20)21-3)11-15(12)16(19)14-7-5-4-6-8-14/h4-13H,1-3H3. The van der Waals surface area contributed by atoms with Gasteiger partial charge < -0.3 is 9.64 Å². The summed E-state index contributed by atoms with van der Waals surface area (Å²) in [4.78, 5) is 25.9. The lowest BCUT2D eigenvalue weighted by Gasteiger charge is -2.28. The third-order valence-electron chi connectivity index (χ3n) is 3.61. The monoisotopic (exact) mass is 285 g/mol. The number of Topliss-reactive ketones (excluding diaryl/α,β-unsaturated/α-hetero) is 1. The van der Waals surface area contributed by atoms with Crippen molar-refractivity contribution in [3.8, 4) is 0 Å². The van der Waals surface area contributed by atoms with Crippen LogP contribution < -0.4 is 0 Å². The summed E-state index contributed by atoms with van der Waals surface area (Å²) in [6, 6.07) is 8.68. The predicted molar refractivity (Wildman–Crippen MR) is 80.5 cm³/mol. The summed E-state index contributed by atoms with van der Waals surface area (Å²) in [6.45, 7) is 3.70. The first kappa shape index (κ1) is 15.0. The predicted octanol–water partition coefficient (Wildman–Crippen LogP) is 2.78. The van der Waals surface area contributed by atoms with E-state index >= 15 is 0 Å². The van der Waals surface area contributed by atoms with E-state index in [1.807, 2.05) is 37.4 Å². The quantitative estimate of drug-likeness (QED) is 0.630. The van der Waals surface area contributed by atoms with Gasteiger partial charge in [0.25, 0.3) is 0 Å². The Morgan fingerprint density at radius 2 is 1.90 bits per heavy atom. The molecule has 0 saturated heterocycles. The zero-order chi connectivity index (χ0) is 15.4. The van der Waals surface area contributed by atoms with Crippen LogP contribution in [0.5, 0.6) is 0 Å². The minimum atomic E-state index is -0.461. The summed E-state index contributed by atoms with van der Waals surface area (Å²) in [6.07, 6.45) is 5.46. The van der Waals surface area contributed by atoms with E-state index in [2.05, 4.69) is 0 Å². The molecule has 2 unspecified atom stereocenters. The number of methoxy groups -OCH3 is 1. The largest absolute Gasteiger partial charge is 0.467 e. The molecule has 2 atom stereocenters. The molecule has 1 aliphatic heterocycles. The maximum atomic E-state index is 12.6. The van der Waals surface area contributed by atoms with Crippen LogP contribution >= 0.6 is 0 Å². The van der Waals surface area contributed by atoms with E-state index in [-0.39, 0.29) is 17.7 Å². The highest BCUT2D eigenvalue weighted by Crippen LogP contribution is 2.24. The molecule has 0 bridgehead atoms. The van der Waals surface area contributed by atoms with E-state index in [1.54, 1.807) is 30.2 Å². The van der Waals surface area contributed by atoms with Crippen LogP contribution in [-0.4, -0.2) is 29.8 Å². The van der Waals surface area contributed by atoms with Crippen molar-refractivity contribution in [2.45, 2.75) is 19.9 Å². The first-order valence-electron chi connectivity index (χ1n) is 6.89. The Balaban J connectivity index is 2.27. The molecule has 0 spiro atoms. The van der Waals surface area contributed by atoms with Gasteiger partial charge in [-0.2, -0.15) is 0 Å². The molecule has 0 N–H and O–H groups in total. The van der Waals surface area contributed by atoms with Gasteiger partial charge in [-0.3, -0.25) is 4.79 Å². The second kappa shape index (κ2) is 6.39. The van der Waals surface area contributed by atoms with Gasteiger partial charge in [-0.15, -0.1) is 0 Å². The van der Waals surface area contributed by atoms with Gasteiger partial charge >= 0.3 is 5.97 Å². The number of hydrogen-bond acceptors (Lipinski definition) is 4. The minimum absolute atomic E-state index is 0.0128. The zero-order valence-corrected chi connectivity index (χ0v) is 12.4. The summed E-state index contributed by atoms with van der Waals surface area (Å²) in [5.41, 5.74) is 1.32.